The van der Waals surface area contributed by atoms with Gasteiger partial charge in [0.2, 0.25) is 0 Å². The predicted octanol–water partition coefficient (Wildman–Crippen LogP) is 3.73. The Bertz CT molecular complexity index is 388. The molecule has 102 valence electrons. The first-order valence-electron chi connectivity index (χ1n) is 6.66. The lowest BCUT2D eigenvalue weighted by Gasteiger charge is -2.37. The number of ether oxygens (including phenoxy) is 1. The van der Waals surface area contributed by atoms with Crippen molar-refractivity contribution in [1.82, 2.24) is 0 Å². The Morgan fingerprint density at radius 1 is 1.28 bits per heavy atom. The zero-order valence-electron chi connectivity index (χ0n) is 11.8. The third-order valence-corrected chi connectivity index (χ3v) is 3.68. The van der Waals surface area contributed by atoms with E-state index in [4.69, 9.17) is 10.5 Å². The molecule has 0 amide bonds. The summed E-state index contributed by atoms with van der Waals surface area (Å²) in [7, 11) is 0. The van der Waals surface area contributed by atoms with Crippen molar-refractivity contribution in [2.75, 3.05) is 6.61 Å². The van der Waals surface area contributed by atoms with Crippen molar-refractivity contribution in [2.24, 2.45) is 5.73 Å². The minimum Gasteiger partial charge on any atom is -0.373 e. The Morgan fingerprint density at radius 2 is 1.89 bits per heavy atom. The summed E-state index contributed by atoms with van der Waals surface area (Å²) in [5, 5.41) is 0. The summed E-state index contributed by atoms with van der Waals surface area (Å²) in [5.41, 5.74) is 7.36. The summed E-state index contributed by atoms with van der Waals surface area (Å²) in [4.78, 5) is 0. The lowest BCUT2D eigenvalue weighted by atomic mass is 9.83. The van der Waals surface area contributed by atoms with E-state index in [2.05, 4.69) is 0 Å². The maximum absolute atomic E-state index is 13.9. The molecule has 0 aromatic heterocycles. The summed E-state index contributed by atoms with van der Waals surface area (Å²) in [6.45, 7) is 8.54. The number of hydrogen-bond acceptors (Lipinski definition) is 2. The molecule has 3 heteroatoms. The maximum atomic E-state index is 13.9. The predicted molar refractivity (Wildman–Crippen MR) is 73.0 cm³/mol. The van der Waals surface area contributed by atoms with E-state index in [0.717, 1.165) is 18.4 Å². The molecule has 0 bridgehead atoms. The molecule has 0 heterocycles. The van der Waals surface area contributed by atoms with Crippen LogP contribution in [0.2, 0.25) is 0 Å². The van der Waals surface area contributed by atoms with Crippen molar-refractivity contribution in [2.45, 2.75) is 52.2 Å². The van der Waals surface area contributed by atoms with E-state index in [1.165, 1.54) is 6.07 Å². The van der Waals surface area contributed by atoms with E-state index < -0.39 is 11.6 Å². The van der Waals surface area contributed by atoms with Crippen LogP contribution >= 0.6 is 0 Å². The van der Waals surface area contributed by atoms with Crippen molar-refractivity contribution < 1.29 is 9.13 Å². The second-order valence-electron chi connectivity index (χ2n) is 4.71. The molecule has 0 radical (unpaired) electrons. The average molecular weight is 253 g/mol. The molecule has 1 aromatic carbocycles. The fourth-order valence-electron chi connectivity index (χ4n) is 2.46. The molecule has 1 aromatic rings. The second-order valence-corrected chi connectivity index (χ2v) is 4.71. The van der Waals surface area contributed by atoms with Gasteiger partial charge in [-0.25, -0.2) is 4.39 Å². The van der Waals surface area contributed by atoms with Gasteiger partial charge in [0.1, 0.15) is 5.82 Å². The van der Waals surface area contributed by atoms with E-state index >= 15 is 0 Å². The Labute approximate surface area is 109 Å². The first-order chi connectivity index (χ1) is 8.50. The molecule has 0 fully saturated rings. The summed E-state index contributed by atoms with van der Waals surface area (Å²) in [5.74, 6) is -0.251. The van der Waals surface area contributed by atoms with Gasteiger partial charge in [0.05, 0.1) is 11.6 Å². The summed E-state index contributed by atoms with van der Waals surface area (Å²) in [6.07, 6.45) is 1.54. The molecular formula is C15H24FNO. The topological polar surface area (TPSA) is 35.2 Å². The van der Waals surface area contributed by atoms with Crippen LogP contribution in [0, 0.1) is 12.7 Å². The van der Waals surface area contributed by atoms with Crippen LogP contribution in [0.15, 0.2) is 18.2 Å². The normalized spacial score (nSPS) is 13.7. The fraction of sp³-hybridized carbons (Fsp3) is 0.600. The molecule has 0 spiro atoms. The van der Waals surface area contributed by atoms with Crippen molar-refractivity contribution in [3.63, 3.8) is 0 Å². The average Bonchev–Trinajstić information content (AvgIpc) is 2.38. The van der Waals surface area contributed by atoms with Gasteiger partial charge in [-0.3, -0.25) is 0 Å². The largest absolute Gasteiger partial charge is 0.373 e. The van der Waals surface area contributed by atoms with E-state index in [1.54, 1.807) is 6.07 Å². The van der Waals surface area contributed by atoms with Crippen LogP contribution in [-0.2, 0) is 4.74 Å². The third-order valence-electron chi connectivity index (χ3n) is 3.68. The van der Waals surface area contributed by atoms with Gasteiger partial charge >= 0.3 is 0 Å². The summed E-state index contributed by atoms with van der Waals surface area (Å²) < 4.78 is 19.8. The highest BCUT2D eigenvalue weighted by Crippen LogP contribution is 2.35. The molecule has 0 aliphatic carbocycles. The lowest BCUT2D eigenvalue weighted by molar-refractivity contribution is -0.0652. The molecule has 2 nitrogen and oxygen atoms in total. The zero-order valence-corrected chi connectivity index (χ0v) is 11.8. The Morgan fingerprint density at radius 3 is 2.39 bits per heavy atom. The smallest absolute Gasteiger partial charge is 0.128 e. The van der Waals surface area contributed by atoms with Crippen molar-refractivity contribution in [3.05, 3.63) is 35.1 Å². The van der Waals surface area contributed by atoms with Crippen LogP contribution in [-0.4, -0.2) is 12.2 Å². The van der Waals surface area contributed by atoms with Crippen LogP contribution in [0.1, 0.15) is 50.8 Å². The van der Waals surface area contributed by atoms with E-state index in [9.17, 15) is 4.39 Å². The molecule has 0 aliphatic heterocycles. The molecule has 0 saturated carbocycles. The van der Waals surface area contributed by atoms with E-state index in [-0.39, 0.29) is 5.82 Å². The number of halogens is 1. The van der Waals surface area contributed by atoms with Crippen LogP contribution < -0.4 is 5.73 Å². The molecule has 0 saturated heterocycles. The molecular weight excluding hydrogens is 229 g/mol. The third kappa shape index (κ3) is 2.90. The SMILES string of the molecule is CCOC(CC)(CC)C(N)c1cc(C)ccc1F. The Balaban J connectivity index is 3.16. The van der Waals surface area contributed by atoms with Gasteiger partial charge in [-0.05, 0) is 32.8 Å². The Hall–Kier alpha value is -0.930. The summed E-state index contributed by atoms with van der Waals surface area (Å²) >= 11 is 0. The fourth-order valence-corrected chi connectivity index (χ4v) is 2.46. The summed E-state index contributed by atoms with van der Waals surface area (Å²) in [6, 6.07) is 4.62. The minimum atomic E-state index is -0.483. The first kappa shape index (κ1) is 15.1. The number of aryl methyl sites for hydroxylation is 1. The quantitative estimate of drug-likeness (QED) is 0.838. The van der Waals surface area contributed by atoms with Crippen molar-refractivity contribution >= 4 is 0 Å². The second kappa shape index (κ2) is 6.30. The lowest BCUT2D eigenvalue weighted by Crippen LogP contribution is -2.43. The van der Waals surface area contributed by atoms with Gasteiger partial charge < -0.3 is 10.5 Å². The van der Waals surface area contributed by atoms with Gasteiger partial charge in [-0.1, -0.05) is 31.5 Å². The minimum absolute atomic E-state index is 0.251. The van der Waals surface area contributed by atoms with Gasteiger partial charge in [0.15, 0.2) is 0 Å². The van der Waals surface area contributed by atoms with Crippen LogP contribution in [0.4, 0.5) is 4.39 Å². The van der Waals surface area contributed by atoms with Crippen LogP contribution in [0.3, 0.4) is 0 Å². The van der Waals surface area contributed by atoms with Gasteiger partial charge in [-0.2, -0.15) is 0 Å². The molecule has 1 unspecified atom stereocenters. The zero-order chi connectivity index (χ0) is 13.8. The first-order valence-corrected chi connectivity index (χ1v) is 6.66. The van der Waals surface area contributed by atoms with Crippen LogP contribution in [0.5, 0.6) is 0 Å². The van der Waals surface area contributed by atoms with Gasteiger partial charge in [0, 0.05) is 12.2 Å². The molecule has 1 atom stereocenters. The van der Waals surface area contributed by atoms with Gasteiger partial charge in [0.25, 0.3) is 0 Å². The highest BCUT2D eigenvalue weighted by molar-refractivity contribution is 5.28. The maximum Gasteiger partial charge on any atom is 0.128 e. The number of benzene rings is 1. The van der Waals surface area contributed by atoms with Crippen LogP contribution in [0.25, 0.3) is 0 Å². The number of hydrogen-bond donors (Lipinski definition) is 1. The highest BCUT2D eigenvalue weighted by atomic mass is 19.1. The molecule has 2 N–H and O–H groups in total. The standard InChI is InChI=1S/C15H24FNO/c1-5-15(6-2,18-7-3)14(17)12-10-11(4)8-9-13(12)16/h8-10,14H,5-7,17H2,1-4H3. The van der Waals surface area contributed by atoms with Gasteiger partial charge in [-0.15, -0.1) is 0 Å². The monoisotopic (exact) mass is 253 g/mol. The molecule has 0 aliphatic rings. The van der Waals surface area contributed by atoms with Crippen molar-refractivity contribution in [3.8, 4) is 0 Å². The van der Waals surface area contributed by atoms with Crippen molar-refractivity contribution in [1.29, 1.82) is 0 Å². The highest BCUT2D eigenvalue weighted by Gasteiger charge is 2.36. The Kier molecular flexibility index (Phi) is 5.29. The molecule has 18 heavy (non-hydrogen) atoms. The molecule has 1 rings (SSSR count). The number of nitrogens with two attached hydrogens (primary N) is 1. The van der Waals surface area contributed by atoms with E-state index in [0.29, 0.717) is 12.2 Å². The van der Waals surface area contributed by atoms with E-state index in [1.807, 2.05) is 33.8 Å². The number of rotatable bonds is 6.